The highest BCUT2D eigenvalue weighted by Gasteiger charge is 2.24. The van der Waals surface area contributed by atoms with Gasteiger partial charge in [-0.25, -0.2) is 15.0 Å². The number of aliphatic imine (C=N–C) groups is 1. The van der Waals surface area contributed by atoms with Crippen molar-refractivity contribution in [1.29, 1.82) is 0 Å². The summed E-state index contributed by atoms with van der Waals surface area (Å²) in [7, 11) is 1.83. The first-order valence-electron chi connectivity index (χ1n) is 9.58. The van der Waals surface area contributed by atoms with Crippen molar-refractivity contribution in [3.63, 3.8) is 0 Å². The van der Waals surface area contributed by atoms with Gasteiger partial charge in [-0.05, 0) is 32.4 Å². The lowest BCUT2D eigenvalue weighted by molar-refractivity contribution is 0.0616. The van der Waals surface area contributed by atoms with Crippen LogP contribution in [0.5, 0.6) is 0 Å². The number of nitrogens with one attached hydrogen (secondary N) is 2. The monoisotopic (exact) mass is 396 g/mol. The van der Waals surface area contributed by atoms with Crippen LogP contribution in [0.15, 0.2) is 48.1 Å². The van der Waals surface area contributed by atoms with Crippen LogP contribution >= 0.6 is 0 Å². The maximum absolute atomic E-state index is 10.7. The van der Waals surface area contributed by atoms with Crippen molar-refractivity contribution in [2.45, 2.75) is 32.9 Å². The lowest BCUT2D eigenvalue weighted by Gasteiger charge is -2.23. The number of hydrogen-bond acceptors (Lipinski definition) is 5. The minimum atomic E-state index is -1.06. The van der Waals surface area contributed by atoms with Gasteiger partial charge in [0.1, 0.15) is 17.2 Å². The summed E-state index contributed by atoms with van der Waals surface area (Å²) >= 11 is 0. The lowest BCUT2D eigenvalue weighted by atomic mass is 10.00. The molecule has 0 aliphatic carbocycles. The van der Waals surface area contributed by atoms with E-state index in [0.717, 1.165) is 29.3 Å². The Labute approximate surface area is 170 Å². The molecule has 1 unspecified atom stereocenters. The fraction of sp³-hybridized carbons (Fsp3) is 0.400. The molecule has 0 radical (unpaired) electrons. The Morgan fingerprint density at radius 1 is 1.24 bits per heavy atom. The molecule has 0 aliphatic heterocycles. The third-order valence-corrected chi connectivity index (χ3v) is 4.57. The van der Waals surface area contributed by atoms with E-state index in [-0.39, 0.29) is 0 Å². The molecule has 29 heavy (non-hydrogen) atoms. The summed E-state index contributed by atoms with van der Waals surface area (Å²) in [5, 5.41) is 21.2. The molecule has 0 spiro atoms. The Morgan fingerprint density at radius 2 is 2.07 bits per heavy atom. The lowest BCUT2D eigenvalue weighted by Crippen LogP contribution is -2.44. The van der Waals surface area contributed by atoms with Gasteiger partial charge >= 0.3 is 0 Å². The van der Waals surface area contributed by atoms with E-state index in [9.17, 15) is 5.11 Å². The normalized spacial score (nSPS) is 13.9. The molecule has 1 atom stereocenters. The highest BCUT2D eigenvalue weighted by Crippen LogP contribution is 2.18. The highest BCUT2D eigenvalue weighted by molar-refractivity contribution is 5.79. The Balaban J connectivity index is 1.63. The van der Waals surface area contributed by atoms with Crippen LogP contribution in [0.1, 0.15) is 30.8 Å². The Kier molecular flexibility index (Phi) is 6.28. The zero-order valence-electron chi connectivity index (χ0n) is 17.3. The van der Waals surface area contributed by atoms with Crippen LogP contribution in [0.4, 0.5) is 0 Å². The van der Waals surface area contributed by atoms with E-state index in [1.165, 1.54) is 0 Å². The molecule has 0 amide bonds. The van der Waals surface area contributed by atoms with E-state index < -0.39 is 5.60 Å². The van der Waals surface area contributed by atoms with E-state index in [2.05, 4.69) is 30.7 Å². The van der Waals surface area contributed by atoms with Crippen LogP contribution in [-0.4, -0.2) is 48.5 Å². The van der Waals surface area contributed by atoms with Crippen molar-refractivity contribution in [2.75, 3.05) is 13.1 Å². The molecule has 9 nitrogen and oxygen atoms in total. The minimum absolute atomic E-state index is 0.307. The van der Waals surface area contributed by atoms with Crippen molar-refractivity contribution in [1.82, 2.24) is 34.9 Å². The highest BCUT2D eigenvalue weighted by atomic mass is 16.3. The summed E-state index contributed by atoms with van der Waals surface area (Å²) in [5.41, 5.74) is 0.678. The predicted octanol–water partition coefficient (Wildman–Crippen LogP) is 1.27. The van der Waals surface area contributed by atoms with Crippen LogP contribution < -0.4 is 10.6 Å². The fourth-order valence-corrected chi connectivity index (χ4v) is 2.84. The van der Waals surface area contributed by atoms with Gasteiger partial charge in [0.2, 0.25) is 0 Å². The van der Waals surface area contributed by atoms with Gasteiger partial charge in [-0.15, -0.1) is 0 Å². The van der Waals surface area contributed by atoms with Gasteiger partial charge in [-0.1, -0.05) is 6.07 Å². The standard InChI is InChI=1S/C20H28N8O/c1-5-21-19(25-14-20(3,29)17-12-26-27(4)13-17)24-11-16-6-7-18(23-10-16)28-9-8-22-15(28)2/h6-10,12-13,29H,5,11,14H2,1-4H3,(H2,21,24,25). The van der Waals surface area contributed by atoms with Gasteiger partial charge in [0, 0.05) is 43.9 Å². The first-order valence-corrected chi connectivity index (χ1v) is 9.58. The molecule has 0 aliphatic rings. The van der Waals surface area contributed by atoms with Crippen LogP contribution in [0.25, 0.3) is 5.82 Å². The largest absolute Gasteiger partial charge is 0.383 e. The molecule has 0 saturated carbocycles. The van der Waals surface area contributed by atoms with E-state index >= 15 is 0 Å². The molecule has 3 aromatic rings. The van der Waals surface area contributed by atoms with Crippen LogP contribution in [-0.2, 0) is 19.2 Å². The minimum Gasteiger partial charge on any atom is -0.383 e. The number of aromatic nitrogens is 5. The molecule has 3 aromatic heterocycles. The molecule has 0 bridgehead atoms. The number of aryl methyl sites for hydroxylation is 2. The van der Waals surface area contributed by atoms with Gasteiger partial charge in [0.15, 0.2) is 5.96 Å². The van der Waals surface area contributed by atoms with Gasteiger partial charge in [-0.2, -0.15) is 5.10 Å². The molecule has 0 aromatic carbocycles. The summed E-state index contributed by atoms with van der Waals surface area (Å²) in [5.74, 6) is 2.35. The quantitative estimate of drug-likeness (QED) is 0.410. The Morgan fingerprint density at radius 3 is 2.66 bits per heavy atom. The second-order valence-electron chi connectivity index (χ2n) is 7.09. The third-order valence-electron chi connectivity index (χ3n) is 4.57. The maximum atomic E-state index is 10.7. The van der Waals surface area contributed by atoms with Crippen LogP contribution in [0, 0.1) is 6.92 Å². The van der Waals surface area contributed by atoms with Gasteiger partial charge in [0.05, 0.1) is 19.3 Å². The van der Waals surface area contributed by atoms with Crippen molar-refractivity contribution < 1.29 is 5.11 Å². The molecule has 3 rings (SSSR count). The number of imidazole rings is 1. The first-order chi connectivity index (χ1) is 13.9. The topological polar surface area (TPSA) is 105 Å². The maximum Gasteiger partial charge on any atom is 0.191 e. The molecule has 3 N–H and O–H groups in total. The van der Waals surface area contributed by atoms with Gasteiger partial charge in [0.25, 0.3) is 0 Å². The summed E-state index contributed by atoms with van der Waals surface area (Å²) in [6, 6.07) is 3.95. The summed E-state index contributed by atoms with van der Waals surface area (Å²) in [6.45, 7) is 7.19. The average Bonchev–Trinajstić information content (AvgIpc) is 3.33. The first kappa shape index (κ1) is 20.5. The molecular weight excluding hydrogens is 368 g/mol. The van der Waals surface area contributed by atoms with Gasteiger partial charge < -0.3 is 15.7 Å². The smallest absolute Gasteiger partial charge is 0.191 e. The third kappa shape index (κ3) is 5.20. The zero-order valence-corrected chi connectivity index (χ0v) is 17.3. The van der Waals surface area contributed by atoms with Crippen molar-refractivity contribution in [3.05, 3.63) is 60.1 Å². The van der Waals surface area contributed by atoms with E-state index in [4.69, 9.17) is 0 Å². The van der Waals surface area contributed by atoms with Crippen molar-refractivity contribution in [3.8, 4) is 5.82 Å². The van der Waals surface area contributed by atoms with E-state index in [1.54, 1.807) is 30.2 Å². The van der Waals surface area contributed by atoms with Crippen LogP contribution in [0.3, 0.4) is 0 Å². The summed E-state index contributed by atoms with van der Waals surface area (Å²) in [4.78, 5) is 13.3. The Hall–Kier alpha value is -3.20. The zero-order chi connectivity index (χ0) is 20.9. The molecule has 3 heterocycles. The molecule has 0 saturated heterocycles. The SMILES string of the molecule is CCNC(=NCc1ccc(-n2ccnc2C)nc1)NCC(C)(O)c1cnn(C)c1. The van der Waals surface area contributed by atoms with Crippen LogP contribution in [0.2, 0.25) is 0 Å². The van der Waals surface area contributed by atoms with Crippen molar-refractivity contribution >= 4 is 5.96 Å². The molecular formula is C20H28N8O. The Bertz CT molecular complexity index is 955. The number of nitrogens with zero attached hydrogens (tertiary/aromatic N) is 6. The molecule has 0 fully saturated rings. The molecule has 154 valence electrons. The van der Waals surface area contributed by atoms with E-state index in [1.807, 2.05) is 50.0 Å². The molecule has 9 heteroatoms. The second kappa shape index (κ2) is 8.87. The number of aliphatic hydroxyl groups is 1. The second-order valence-corrected chi connectivity index (χ2v) is 7.09. The number of hydrogen-bond donors (Lipinski definition) is 3. The summed E-state index contributed by atoms with van der Waals surface area (Å²) < 4.78 is 3.60. The van der Waals surface area contributed by atoms with Gasteiger partial charge in [-0.3, -0.25) is 9.25 Å². The number of rotatable bonds is 7. The van der Waals surface area contributed by atoms with E-state index in [0.29, 0.717) is 19.0 Å². The average molecular weight is 396 g/mol. The van der Waals surface area contributed by atoms with Crippen molar-refractivity contribution in [2.24, 2.45) is 12.0 Å². The fourth-order valence-electron chi connectivity index (χ4n) is 2.84. The number of pyridine rings is 1. The predicted molar refractivity (Wildman–Crippen MR) is 112 cm³/mol. The summed E-state index contributed by atoms with van der Waals surface area (Å²) in [6.07, 6.45) is 8.93. The number of guanidine groups is 1.